The average molecular weight is 230 g/mol. The van der Waals surface area contributed by atoms with Gasteiger partial charge >= 0.3 is 5.97 Å². The monoisotopic (exact) mass is 230 g/mol. The van der Waals surface area contributed by atoms with Gasteiger partial charge in [0.1, 0.15) is 0 Å². The molecule has 1 heterocycles. The van der Waals surface area contributed by atoms with Gasteiger partial charge in [-0.25, -0.2) is 0 Å². The lowest BCUT2D eigenvalue weighted by atomic mass is 10.0. The minimum Gasteiger partial charge on any atom is -0.469 e. The van der Waals surface area contributed by atoms with Crippen molar-refractivity contribution in [3.05, 3.63) is 42.2 Å². The van der Waals surface area contributed by atoms with E-state index in [1.807, 2.05) is 37.5 Å². The van der Waals surface area contributed by atoms with Crippen molar-refractivity contribution in [3.8, 4) is 11.1 Å². The van der Waals surface area contributed by atoms with Gasteiger partial charge in [-0.3, -0.25) is 9.48 Å². The fourth-order valence-electron chi connectivity index (χ4n) is 1.67. The Morgan fingerprint density at radius 1 is 1.41 bits per heavy atom. The van der Waals surface area contributed by atoms with E-state index in [0.717, 1.165) is 16.7 Å². The number of rotatable bonds is 3. The van der Waals surface area contributed by atoms with Gasteiger partial charge in [-0.15, -0.1) is 0 Å². The Hall–Kier alpha value is -2.10. The summed E-state index contributed by atoms with van der Waals surface area (Å²) in [6, 6.07) is 7.82. The van der Waals surface area contributed by atoms with Crippen LogP contribution in [0.3, 0.4) is 0 Å². The maximum absolute atomic E-state index is 11.2. The molecule has 0 aliphatic heterocycles. The topological polar surface area (TPSA) is 44.1 Å². The van der Waals surface area contributed by atoms with E-state index >= 15 is 0 Å². The predicted octanol–water partition coefficient (Wildman–Crippen LogP) is 1.80. The molecule has 0 saturated carbocycles. The van der Waals surface area contributed by atoms with Crippen LogP contribution in [0.5, 0.6) is 0 Å². The van der Waals surface area contributed by atoms with Gasteiger partial charge in [0.25, 0.3) is 0 Å². The van der Waals surface area contributed by atoms with E-state index in [9.17, 15) is 4.79 Å². The molecule has 17 heavy (non-hydrogen) atoms. The van der Waals surface area contributed by atoms with Gasteiger partial charge in [0.15, 0.2) is 0 Å². The number of aryl methyl sites for hydroxylation is 1. The molecule has 0 spiro atoms. The second-order valence-corrected chi connectivity index (χ2v) is 3.86. The van der Waals surface area contributed by atoms with Crippen molar-refractivity contribution in [2.24, 2.45) is 7.05 Å². The van der Waals surface area contributed by atoms with Crippen LogP contribution in [-0.4, -0.2) is 22.9 Å². The zero-order valence-electron chi connectivity index (χ0n) is 9.88. The summed E-state index contributed by atoms with van der Waals surface area (Å²) in [5.74, 6) is -0.228. The third kappa shape index (κ3) is 2.72. The second kappa shape index (κ2) is 4.82. The first-order valence-corrected chi connectivity index (χ1v) is 5.34. The number of carbonyl (C=O) groups is 1. The molecule has 0 aliphatic rings. The van der Waals surface area contributed by atoms with Gasteiger partial charge < -0.3 is 4.74 Å². The molecular formula is C13H14N2O2. The van der Waals surface area contributed by atoms with Gasteiger partial charge in [0.2, 0.25) is 0 Å². The summed E-state index contributed by atoms with van der Waals surface area (Å²) in [6.07, 6.45) is 4.04. The number of ether oxygens (including phenoxy) is 1. The minimum atomic E-state index is -0.228. The number of benzene rings is 1. The highest BCUT2D eigenvalue weighted by atomic mass is 16.5. The van der Waals surface area contributed by atoms with Crippen LogP contribution in [0.2, 0.25) is 0 Å². The van der Waals surface area contributed by atoms with Crippen LogP contribution in [-0.2, 0) is 23.0 Å². The van der Waals surface area contributed by atoms with Crippen LogP contribution in [0.1, 0.15) is 5.56 Å². The van der Waals surface area contributed by atoms with E-state index in [-0.39, 0.29) is 5.97 Å². The molecule has 2 aromatic rings. The first-order valence-electron chi connectivity index (χ1n) is 5.34. The Bertz CT molecular complexity index is 532. The third-order valence-electron chi connectivity index (χ3n) is 2.54. The minimum absolute atomic E-state index is 0.228. The summed E-state index contributed by atoms with van der Waals surface area (Å²) in [7, 11) is 3.27. The van der Waals surface area contributed by atoms with E-state index in [0.29, 0.717) is 6.42 Å². The Labute approximate surface area is 99.8 Å². The van der Waals surface area contributed by atoms with Crippen LogP contribution in [0.15, 0.2) is 36.7 Å². The number of nitrogens with zero attached hydrogens (tertiary/aromatic N) is 2. The average Bonchev–Trinajstić information content (AvgIpc) is 2.76. The smallest absolute Gasteiger partial charge is 0.309 e. The highest BCUT2D eigenvalue weighted by molar-refractivity contribution is 5.73. The lowest BCUT2D eigenvalue weighted by molar-refractivity contribution is -0.139. The molecule has 2 rings (SSSR count). The SMILES string of the molecule is COC(=O)Cc1cccc(-c2cnn(C)c2)c1. The lowest BCUT2D eigenvalue weighted by Gasteiger charge is -2.02. The highest BCUT2D eigenvalue weighted by Gasteiger charge is 2.05. The molecule has 0 atom stereocenters. The van der Waals surface area contributed by atoms with Crippen molar-refractivity contribution in [3.63, 3.8) is 0 Å². The highest BCUT2D eigenvalue weighted by Crippen LogP contribution is 2.19. The molecule has 0 bridgehead atoms. The number of carbonyl (C=O) groups excluding carboxylic acids is 1. The van der Waals surface area contributed by atoms with Crippen molar-refractivity contribution in [1.29, 1.82) is 0 Å². The molecule has 1 aromatic heterocycles. The summed E-state index contributed by atoms with van der Waals surface area (Å²) in [5.41, 5.74) is 3.04. The second-order valence-electron chi connectivity index (χ2n) is 3.86. The number of methoxy groups -OCH3 is 1. The van der Waals surface area contributed by atoms with E-state index in [1.54, 1.807) is 10.9 Å². The molecule has 88 valence electrons. The van der Waals surface area contributed by atoms with E-state index in [1.165, 1.54) is 7.11 Å². The largest absolute Gasteiger partial charge is 0.469 e. The molecule has 4 nitrogen and oxygen atoms in total. The van der Waals surface area contributed by atoms with Gasteiger partial charge in [0, 0.05) is 18.8 Å². The molecule has 0 saturated heterocycles. The Morgan fingerprint density at radius 3 is 2.88 bits per heavy atom. The molecular weight excluding hydrogens is 216 g/mol. The summed E-state index contributed by atoms with van der Waals surface area (Å²) in [5, 5.41) is 4.12. The summed E-state index contributed by atoms with van der Waals surface area (Å²) in [4.78, 5) is 11.2. The number of esters is 1. The normalized spacial score (nSPS) is 10.2. The van der Waals surface area contributed by atoms with Crippen molar-refractivity contribution in [2.75, 3.05) is 7.11 Å². The van der Waals surface area contributed by atoms with Crippen LogP contribution < -0.4 is 0 Å². The van der Waals surface area contributed by atoms with Crippen molar-refractivity contribution < 1.29 is 9.53 Å². The van der Waals surface area contributed by atoms with Crippen molar-refractivity contribution in [2.45, 2.75) is 6.42 Å². The van der Waals surface area contributed by atoms with Gasteiger partial charge in [-0.1, -0.05) is 24.3 Å². The van der Waals surface area contributed by atoms with Crippen LogP contribution in [0, 0.1) is 0 Å². The van der Waals surface area contributed by atoms with Gasteiger partial charge in [0.05, 0.1) is 19.7 Å². The predicted molar refractivity (Wildman–Crippen MR) is 64.4 cm³/mol. The quantitative estimate of drug-likeness (QED) is 0.755. The zero-order valence-corrected chi connectivity index (χ0v) is 9.88. The first-order chi connectivity index (χ1) is 8.19. The number of hydrogen-bond donors (Lipinski definition) is 0. The lowest BCUT2D eigenvalue weighted by Crippen LogP contribution is -2.04. The standard InChI is InChI=1S/C13H14N2O2/c1-15-9-12(8-14-15)11-5-3-4-10(6-11)7-13(16)17-2/h3-6,8-9H,7H2,1-2H3. The fourth-order valence-corrected chi connectivity index (χ4v) is 1.67. The van der Waals surface area contributed by atoms with Crippen LogP contribution in [0.4, 0.5) is 0 Å². The maximum atomic E-state index is 11.2. The number of hydrogen-bond acceptors (Lipinski definition) is 3. The van der Waals surface area contributed by atoms with Gasteiger partial charge in [-0.2, -0.15) is 5.10 Å². The Morgan fingerprint density at radius 2 is 2.24 bits per heavy atom. The van der Waals surface area contributed by atoms with Crippen LogP contribution in [0.25, 0.3) is 11.1 Å². The van der Waals surface area contributed by atoms with E-state index in [4.69, 9.17) is 0 Å². The fraction of sp³-hybridized carbons (Fsp3) is 0.231. The van der Waals surface area contributed by atoms with Crippen molar-refractivity contribution >= 4 is 5.97 Å². The Kier molecular flexibility index (Phi) is 3.23. The molecule has 0 aliphatic carbocycles. The molecule has 1 aromatic carbocycles. The molecule has 0 fully saturated rings. The van der Waals surface area contributed by atoms with Gasteiger partial charge in [-0.05, 0) is 11.1 Å². The molecule has 0 amide bonds. The maximum Gasteiger partial charge on any atom is 0.309 e. The van der Waals surface area contributed by atoms with Crippen LogP contribution >= 0.6 is 0 Å². The summed E-state index contributed by atoms with van der Waals surface area (Å²) >= 11 is 0. The Balaban J connectivity index is 2.25. The zero-order chi connectivity index (χ0) is 12.3. The summed E-state index contributed by atoms with van der Waals surface area (Å²) < 4.78 is 6.40. The molecule has 0 N–H and O–H groups in total. The van der Waals surface area contributed by atoms with Crippen molar-refractivity contribution in [1.82, 2.24) is 9.78 Å². The first kappa shape index (κ1) is 11.4. The van der Waals surface area contributed by atoms with E-state index < -0.39 is 0 Å². The third-order valence-corrected chi connectivity index (χ3v) is 2.54. The molecule has 0 unspecified atom stereocenters. The molecule has 0 radical (unpaired) electrons. The summed E-state index contributed by atoms with van der Waals surface area (Å²) in [6.45, 7) is 0. The van der Waals surface area contributed by atoms with E-state index in [2.05, 4.69) is 9.84 Å². The number of aromatic nitrogens is 2. The molecule has 4 heteroatoms.